The minimum Gasteiger partial charge on any atom is -0.464 e. The molecule has 2 N–H and O–H groups in total. The lowest BCUT2D eigenvalue weighted by Gasteiger charge is -2.32. The Morgan fingerprint density at radius 1 is 1.59 bits per heavy atom. The Hall–Kier alpha value is -1.33. The molecule has 3 heterocycles. The number of carbonyl (C=O) groups is 1. The summed E-state index contributed by atoms with van der Waals surface area (Å²) < 4.78 is 10.3. The SMILES string of the molecule is COC(=O)c1cc2c([nH]1)C1(CCOC1)CNC2. The molecule has 92 valence electrons. The molecule has 0 radical (unpaired) electrons. The van der Waals surface area contributed by atoms with E-state index in [2.05, 4.69) is 10.3 Å². The Bertz CT molecular complexity index is 447. The number of hydrogen-bond donors (Lipinski definition) is 2. The van der Waals surface area contributed by atoms with Crippen LogP contribution in [0.15, 0.2) is 6.07 Å². The van der Waals surface area contributed by atoms with Gasteiger partial charge in [0.1, 0.15) is 5.69 Å². The van der Waals surface area contributed by atoms with Crippen molar-refractivity contribution in [3.8, 4) is 0 Å². The molecule has 1 aromatic rings. The topological polar surface area (TPSA) is 63.4 Å². The number of carbonyl (C=O) groups excluding carboxylic acids is 1. The number of H-pyrrole nitrogens is 1. The summed E-state index contributed by atoms with van der Waals surface area (Å²) in [6, 6.07) is 1.88. The van der Waals surface area contributed by atoms with Crippen molar-refractivity contribution >= 4 is 5.97 Å². The molecule has 0 amide bonds. The summed E-state index contributed by atoms with van der Waals surface area (Å²) in [6.45, 7) is 3.20. The number of ether oxygens (including phenoxy) is 2. The molecule has 1 spiro atoms. The van der Waals surface area contributed by atoms with Gasteiger partial charge in [-0.1, -0.05) is 0 Å². The zero-order chi connectivity index (χ0) is 11.9. The Morgan fingerprint density at radius 2 is 2.47 bits per heavy atom. The molecule has 2 aliphatic heterocycles. The van der Waals surface area contributed by atoms with Gasteiger partial charge in [0.25, 0.3) is 0 Å². The van der Waals surface area contributed by atoms with Crippen molar-refractivity contribution in [2.45, 2.75) is 18.4 Å². The van der Waals surface area contributed by atoms with Gasteiger partial charge in [-0.3, -0.25) is 0 Å². The second-order valence-electron chi connectivity index (χ2n) is 4.76. The van der Waals surface area contributed by atoms with Crippen LogP contribution in [-0.2, 0) is 21.4 Å². The van der Waals surface area contributed by atoms with E-state index in [4.69, 9.17) is 9.47 Å². The quantitative estimate of drug-likeness (QED) is 0.699. The Balaban J connectivity index is 2.02. The molecule has 2 aliphatic rings. The molecule has 1 aromatic heterocycles. The maximum atomic E-state index is 11.5. The first kappa shape index (κ1) is 10.8. The van der Waals surface area contributed by atoms with Crippen molar-refractivity contribution in [1.29, 1.82) is 0 Å². The summed E-state index contributed by atoms with van der Waals surface area (Å²) in [6.07, 6.45) is 0.994. The molecule has 5 nitrogen and oxygen atoms in total. The van der Waals surface area contributed by atoms with Gasteiger partial charge in [-0.05, 0) is 18.1 Å². The first-order valence-corrected chi connectivity index (χ1v) is 5.84. The van der Waals surface area contributed by atoms with Crippen LogP contribution in [0.3, 0.4) is 0 Å². The fourth-order valence-electron chi connectivity index (χ4n) is 2.80. The number of esters is 1. The van der Waals surface area contributed by atoms with Crippen molar-refractivity contribution in [3.63, 3.8) is 0 Å². The second-order valence-corrected chi connectivity index (χ2v) is 4.76. The van der Waals surface area contributed by atoms with Crippen LogP contribution in [0, 0.1) is 0 Å². The van der Waals surface area contributed by atoms with Gasteiger partial charge in [0.2, 0.25) is 0 Å². The van der Waals surface area contributed by atoms with Crippen LogP contribution >= 0.6 is 0 Å². The van der Waals surface area contributed by atoms with Crippen LogP contribution in [0.4, 0.5) is 0 Å². The summed E-state index contributed by atoms with van der Waals surface area (Å²) >= 11 is 0. The van der Waals surface area contributed by atoms with E-state index in [1.54, 1.807) is 0 Å². The minimum absolute atomic E-state index is 0.0137. The van der Waals surface area contributed by atoms with E-state index >= 15 is 0 Å². The van der Waals surface area contributed by atoms with Crippen LogP contribution in [0.5, 0.6) is 0 Å². The normalized spacial score (nSPS) is 27.1. The standard InChI is InChI=1S/C12H16N2O3/c1-16-11(15)9-4-8-5-13-6-12(10(8)14-9)2-3-17-7-12/h4,13-14H,2-3,5-7H2,1H3. The van der Waals surface area contributed by atoms with Gasteiger partial charge in [-0.2, -0.15) is 0 Å². The van der Waals surface area contributed by atoms with E-state index < -0.39 is 0 Å². The van der Waals surface area contributed by atoms with Crippen LogP contribution in [0.2, 0.25) is 0 Å². The molecule has 5 heteroatoms. The fourth-order valence-corrected chi connectivity index (χ4v) is 2.80. The number of methoxy groups -OCH3 is 1. The number of nitrogens with one attached hydrogen (secondary N) is 2. The summed E-state index contributed by atoms with van der Waals surface area (Å²) in [5, 5.41) is 3.39. The lowest BCUT2D eigenvalue weighted by atomic mass is 9.80. The van der Waals surface area contributed by atoms with Gasteiger partial charge < -0.3 is 19.8 Å². The largest absolute Gasteiger partial charge is 0.464 e. The van der Waals surface area contributed by atoms with Crippen molar-refractivity contribution in [1.82, 2.24) is 10.3 Å². The lowest BCUT2D eigenvalue weighted by Crippen LogP contribution is -2.43. The van der Waals surface area contributed by atoms with Crippen molar-refractivity contribution < 1.29 is 14.3 Å². The number of aromatic amines is 1. The second kappa shape index (κ2) is 3.85. The summed E-state index contributed by atoms with van der Waals surface area (Å²) in [5.41, 5.74) is 2.85. The third-order valence-corrected chi connectivity index (χ3v) is 3.72. The van der Waals surface area contributed by atoms with Gasteiger partial charge in [0.15, 0.2) is 0 Å². The highest BCUT2D eigenvalue weighted by Gasteiger charge is 2.42. The van der Waals surface area contributed by atoms with Crippen molar-refractivity contribution in [2.24, 2.45) is 0 Å². The Morgan fingerprint density at radius 3 is 3.18 bits per heavy atom. The summed E-state index contributed by atoms with van der Waals surface area (Å²) in [4.78, 5) is 14.8. The monoisotopic (exact) mass is 236 g/mol. The van der Waals surface area contributed by atoms with Gasteiger partial charge >= 0.3 is 5.97 Å². The Kier molecular flexibility index (Phi) is 2.45. The molecular formula is C12H16N2O3. The minimum atomic E-state index is -0.312. The molecule has 0 aromatic carbocycles. The zero-order valence-electron chi connectivity index (χ0n) is 9.84. The van der Waals surface area contributed by atoms with E-state index in [-0.39, 0.29) is 11.4 Å². The van der Waals surface area contributed by atoms with Gasteiger partial charge in [-0.15, -0.1) is 0 Å². The highest BCUT2D eigenvalue weighted by Crippen LogP contribution is 2.37. The van der Waals surface area contributed by atoms with Crippen LogP contribution in [-0.4, -0.2) is 37.8 Å². The molecule has 0 aliphatic carbocycles. The van der Waals surface area contributed by atoms with Crippen LogP contribution in [0.25, 0.3) is 0 Å². The highest BCUT2D eigenvalue weighted by atomic mass is 16.5. The van der Waals surface area contributed by atoms with E-state index in [9.17, 15) is 4.79 Å². The lowest BCUT2D eigenvalue weighted by molar-refractivity contribution is 0.0594. The van der Waals surface area contributed by atoms with Crippen LogP contribution < -0.4 is 5.32 Å². The maximum Gasteiger partial charge on any atom is 0.354 e. The molecule has 3 rings (SSSR count). The third kappa shape index (κ3) is 1.57. The molecule has 1 fully saturated rings. The van der Waals surface area contributed by atoms with Crippen molar-refractivity contribution in [2.75, 3.05) is 26.9 Å². The average Bonchev–Trinajstić information content (AvgIpc) is 2.96. The molecule has 1 atom stereocenters. The number of hydrogen-bond acceptors (Lipinski definition) is 4. The molecule has 0 saturated carbocycles. The van der Waals surface area contributed by atoms with Gasteiger partial charge in [-0.25, -0.2) is 4.79 Å². The molecule has 1 unspecified atom stereocenters. The predicted octanol–water partition coefficient (Wildman–Crippen LogP) is 0.563. The molecule has 0 bridgehead atoms. The third-order valence-electron chi connectivity index (χ3n) is 3.72. The summed E-state index contributed by atoms with van der Waals surface area (Å²) in [7, 11) is 1.40. The van der Waals surface area contributed by atoms with Gasteiger partial charge in [0, 0.05) is 30.8 Å². The highest BCUT2D eigenvalue weighted by molar-refractivity contribution is 5.87. The van der Waals surface area contributed by atoms with E-state index in [0.29, 0.717) is 12.3 Å². The smallest absolute Gasteiger partial charge is 0.354 e. The number of rotatable bonds is 1. The molecule has 1 saturated heterocycles. The van der Waals surface area contributed by atoms with E-state index in [0.717, 1.165) is 37.4 Å². The fraction of sp³-hybridized carbons (Fsp3) is 0.583. The Labute approximate surface area is 99.5 Å². The van der Waals surface area contributed by atoms with E-state index in [1.807, 2.05) is 6.07 Å². The number of fused-ring (bicyclic) bond motifs is 2. The predicted molar refractivity (Wildman–Crippen MR) is 61.0 cm³/mol. The maximum absolute atomic E-state index is 11.5. The van der Waals surface area contributed by atoms with Gasteiger partial charge in [0.05, 0.1) is 13.7 Å². The first-order valence-electron chi connectivity index (χ1n) is 5.84. The zero-order valence-corrected chi connectivity index (χ0v) is 9.84. The first-order chi connectivity index (χ1) is 8.25. The molecular weight excluding hydrogens is 220 g/mol. The van der Waals surface area contributed by atoms with Crippen LogP contribution in [0.1, 0.15) is 28.2 Å². The number of aromatic nitrogens is 1. The van der Waals surface area contributed by atoms with E-state index in [1.165, 1.54) is 7.11 Å². The average molecular weight is 236 g/mol. The molecule has 17 heavy (non-hydrogen) atoms. The summed E-state index contributed by atoms with van der Waals surface area (Å²) in [5.74, 6) is -0.312. The van der Waals surface area contributed by atoms with Crippen molar-refractivity contribution in [3.05, 3.63) is 23.0 Å².